The van der Waals surface area contributed by atoms with Crippen molar-refractivity contribution in [2.24, 2.45) is 0 Å². The SMILES string of the molecule is Cc1ccc(C(O)CCN2CC3CCCN3CC2C)cc1. The zero-order valence-corrected chi connectivity index (χ0v) is 13.3. The fraction of sp³-hybridized carbons (Fsp3) is 0.667. The third-order valence-corrected chi connectivity index (χ3v) is 5.22. The number of rotatable bonds is 4. The monoisotopic (exact) mass is 288 g/mol. The number of fused-ring (bicyclic) bond motifs is 1. The van der Waals surface area contributed by atoms with Gasteiger partial charge in [-0.05, 0) is 45.2 Å². The van der Waals surface area contributed by atoms with Crippen molar-refractivity contribution in [1.29, 1.82) is 0 Å². The number of nitrogens with zero attached hydrogens (tertiary/aromatic N) is 2. The van der Waals surface area contributed by atoms with E-state index in [1.807, 2.05) is 0 Å². The van der Waals surface area contributed by atoms with Crippen molar-refractivity contribution < 1.29 is 5.11 Å². The number of piperazine rings is 1. The lowest BCUT2D eigenvalue weighted by Crippen LogP contribution is -2.55. The maximum atomic E-state index is 10.4. The third kappa shape index (κ3) is 3.47. The summed E-state index contributed by atoms with van der Waals surface area (Å²) >= 11 is 0. The summed E-state index contributed by atoms with van der Waals surface area (Å²) in [6.45, 7) is 9.08. The Labute approximate surface area is 128 Å². The topological polar surface area (TPSA) is 26.7 Å². The molecule has 2 heterocycles. The molecule has 3 atom stereocenters. The van der Waals surface area contributed by atoms with Crippen LogP contribution in [0, 0.1) is 6.92 Å². The van der Waals surface area contributed by atoms with Crippen LogP contribution in [-0.2, 0) is 0 Å². The Hall–Kier alpha value is -0.900. The third-order valence-electron chi connectivity index (χ3n) is 5.22. The quantitative estimate of drug-likeness (QED) is 0.922. The van der Waals surface area contributed by atoms with Gasteiger partial charge in [0.15, 0.2) is 0 Å². The van der Waals surface area contributed by atoms with Crippen LogP contribution in [0.1, 0.15) is 43.4 Å². The molecule has 1 aromatic rings. The average Bonchev–Trinajstić information content (AvgIpc) is 2.92. The summed E-state index contributed by atoms with van der Waals surface area (Å²) in [5, 5.41) is 10.4. The van der Waals surface area contributed by atoms with Crippen LogP contribution in [0.4, 0.5) is 0 Å². The lowest BCUT2D eigenvalue weighted by atomic mass is 10.0. The Morgan fingerprint density at radius 2 is 2.00 bits per heavy atom. The molecule has 1 aromatic carbocycles. The number of aliphatic hydroxyl groups is 1. The van der Waals surface area contributed by atoms with Gasteiger partial charge < -0.3 is 5.11 Å². The molecule has 2 fully saturated rings. The minimum absolute atomic E-state index is 0.334. The molecule has 3 nitrogen and oxygen atoms in total. The molecular formula is C18H28N2O. The highest BCUT2D eigenvalue weighted by molar-refractivity contribution is 5.23. The second-order valence-corrected chi connectivity index (χ2v) is 6.85. The van der Waals surface area contributed by atoms with Crippen LogP contribution in [0.5, 0.6) is 0 Å². The second kappa shape index (κ2) is 6.47. The maximum absolute atomic E-state index is 10.4. The minimum atomic E-state index is -0.334. The van der Waals surface area contributed by atoms with Gasteiger partial charge in [0, 0.05) is 31.7 Å². The molecule has 116 valence electrons. The van der Waals surface area contributed by atoms with E-state index in [-0.39, 0.29) is 6.10 Å². The summed E-state index contributed by atoms with van der Waals surface area (Å²) in [7, 11) is 0. The average molecular weight is 288 g/mol. The van der Waals surface area contributed by atoms with Crippen molar-refractivity contribution in [3.63, 3.8) is 0 Å². The van der Waals surface area contributed by atoms with Crippen molar-refractivity contribution in [1.82, 2.24) is 9.80 Å². The largest absolute Gasteiger partial charge is 0.388 e. The fourth-order valence-electron chi connectivity index (χ4n) is 3.80. The summed E-state index contributed by atoms with van der Waals surface area (Å²) < 4.78 is 0. The maximum Gasteiger partial charge on any atom is 0.0802 e. The van der Waals surface area contributed by atoms with Gasteiger partial charge in [0.05, 0.1) is 6.10 Å². The molecule has 0 saturated carbocycles. The fourth-order valence-corrected chi connectivity index (χ4v) is 3.80. The van der Waals surface area contributed by atoms with Crippen LogP contribution >= 0.6 is 0 Å². The molecule has 0 radical (unpaired) electrons. The Morgan fingerprint density at radius 3 is 2.76 bits per heavy atom. The number of aryl methyl sites for hydroxylation is 1. The summed E-state index contributed by atoms with van der Waals surface area (Å²) in [5.41, 5.74) is 2.30. The molecule has 0 bridgehead atoms. The van der Waals surface area contributed by atoms with E-state index in [2.05, 4.69) is 47.9 Å². The standard InChI is InChI=1S/C18H28N2O/c1-14-5-7-16(8-6-14)18(21)9-11-19-13-17-4-3-10-20(17)12-15(19)2/h5-8,15,17-18,21H,3-4,9-13H2,1-2H3. The predicted octanol–water partition coefficient (Wildman–Crippen LogP) is 2.59. The van der Waals surface area contributed by atoms with Crippen molar-refractivity contribution in [3.8, 4) is 0 Å². The Balaban J connectivity index is 1.53. The summed E-state index contributed by atoms with van der Waals surface area (Å²) in [6, 6.07) is 9.65. The first kappa shape index (κ1) is 15.0. The molecule has 21 heavy (non-hydrogen) atoms. The minimum Gasteiger partial charge on any atom is -0.388 e. The van der Waals surface area contributed by atoms with Gasteiger partial charge in [-0.25, -0.2) is 0 Å². The predicted molar refractivity (Wildman–Crippen MR) is 86.4 cm³/mol. The van der Waals surface area contributed by atoms with E-state index in [1.165, 1.54) is 38.0 Å². The highest BCUT2D eigenvalue weighted by atomic mass is 16.3. The highest BCUT2D eigenvalue weighted by Crippen LogP contribution is 2.26. The van der Waals surface area contributed by atoms with Gasteiger partial charge >= 0.3 is 0 Å². The van der Waals surface area contributed by atoms with Gasteiger partial charge in [-0.3, -0.25) is 9.80 Å². The van der Waals surface area contributed by atoms with Crippen LogP contribution in [-0.4, -0.2) is 53.2 Å². The normalized spacial score (nSPS) is 28.5. The van der Waals surface area contributed by atoms with Crippen molar-refractivity contribution in [3.05, 3.63) is 35.4 Å². The molecule has 3 rings (SSSR count). The van der Waals surface area contributed by atoms with Crippen molar-refractivity contribution in [2.75, 3.05) is 26.2 Å². The van der Waals surface area contributed by atoms with Gasteiger partial charge in [-0.2, -0.15) is 0 Å². The summed E-state index contributed by atoms with van der Waals surface area (Å²) in [4.78, 5) is 5.22. The van der Waals surface area contributed by atoms with Gasteiger partial charge in [0.2, 0.25) is 0 Å². The van der Waals surface area contributed by atoms with E-state index in [4.69, 9.17) is 0 Å². The van der Waals surface area contributed by atoms with Crippen molar-refractivity contribution >= 4 is 0 Å². The first-order valence-corrected chi connectivity index (χ1v) is 8.36. The molecule has 2 saturated heterocycles. The number of benzene rings is 1. The van der Waals surface area contributed by atoms with Crippen LogP contribution in [0.15, 0.2) is 24.3 Å². The Morgan fingerprint density at radius 1 is 1.24 bits per heavy atom. The number of hydrogen-bond acceptors (Lipinski definition) is 3. The summed E-state index contributed by atoms with van der Waals surface area (Å²) in [6.07, 6.45) is 3.21. The van der Waals surface area contributed by atoms with Crippen LogP contribution in [0.3, 0.4) is 0 Å². The zero-order valence-electron chi connectivity index (χ0n) is 13.3. The molecule has 3 heteroatoms. The van der Waals surface area contributed by atoms with Gasteiger partial charge in [-0.1, -0.05) is 29.8 Å². The summed E-state index contributed by atoms with van der Waals surface area (Å²) in [5.74, 6) is 0. The van der Waals surface area contributed by atoms with E-state index >= 15 is 0 Å². The lowest BCUT2D eigenvalue weighted by molar-refractivity contribution is 0.0459. The zero-order chi connectivity index (χ0) is 14.8. The van der Waals surface area contributed by atoms with E-state index in [1.54, 1.807) is 0 Å². The Kier molecular flexibility index (Phi) is 4.63. The highest BCUT2D eigenvalue weighted by Gasteiger charge is 2.34. The molecule has 3 unspecified atom stereocenters. The van der Waals surface area contributed by atoms with Gasteiger partial charge in [0.1, 0.15) is 0 Å². The molecule has 2 aliphatic rings. The lowest BCUT2D eigenvalue weighted by Gasteiger charge is -2.42. The van der Waals surface area contributed by atoms with E-state index < -0.39 is 0 Å². The molecule has 0 aromatic heterocycles. The molecular weight excluding hydrogens is 260 g/mol. The van der Waals surface area contributed by atoms with E-state index in [0.29, 0.717) is 6.04 Å². The van der Waals surface area contributed by atoms with Crippen LogP contribution in [0.25, 0.3) is 0 Å². The van der Waals surface area contributed by atoms with Crippen LogP contribution < -0.4 is 0 Å². The van der Waals surface area contributed by atoms with Gasteiger partial charge in [-0.15, -0.1) is 0 Å². The number of hydrogen-bond donors (Lipinski definition) is 1. The first-order chi connectivity index (χ1) is 10.1. The molecule has 0 aliphatic carbocycles. The smallest absolute Gasteiger partial charge is 0.0802 e. The van der Waals surface area contributed by atoms with E-state index in [0.717, 1.165) is 24.6 Å². The van der Waals surface area contributed by atoms with E-state index in [9.17, 15) is 5.11 Å². The molecule has 1 N–H and O–H groups in total. The first-order valence-electron chi connectivity index (χ1n) is 8.36. The molecule has 0 amide bonds. The molecule has 0 spiro atoms. The van der Waals surface area contributed by atoms with Crippen molar-refractivity contribution in [2.45, 2.75) is 51.3 Å². The number of aliphatic hydroxyl groups excluding tert-OH is 1. The second-order valence-electron chi connectivity index (χ2n) is 6.85. The van der Waals surface area contributed by atoms with Gasteiger partial charge in [0.25, 0.3) is 0 Å². The molecule has 2 aliphatic heterocycles. The Bertz CT molecular complexity index is 459. The van der Waals surface area contributed by atoms with Crippen LogP contribution in [0.2, 0.25) is 0 Å².